The molecule has 3 aromatic rings. The summed E-state index contributed by atoms with van der Waals surface area (Å²) in [6.45, 7) is 7.47. The summed E-state index contributed by atoms with van der Waals surface area (Å²) < 4.78 is 11.4. The summed E-state index contributed by atoms with van der Waals surface area (Å²) in [6, 6.07) is 8.24. The molecule has 0 aliphatic carbocycles. The minimum absolute atomic E-state index is 0.100. The number of hydrogen-bond donors (Lipinski definition) is 2. The molecule has 1 aliphatic heterocycles. The summed E-state index contributed by atoms with van der Waals surface area (Å²) in [4.78, 5) is 12.2. The van der Waals surface area contributed by atoms with E-state index in [-0.39, 0.29) is 6.04 Å². The molecule has 0 spiro atoms. The Balaban J connectivity index is 1.71. The van der Waals surface area contributed by atoms with E-state index >= 15 is 0 Å². The van der Waals surface area contributed by atoms with Gasteiger partial charge in [-0.2, -0.15) is 0 Å². The number of hydrogen-bond acceptors (Lipinski definition) is 5. The highest BCUT2D eigenvalue weighted by Gasteiger charge is 2.21. The van der Waals surface area contributed by atoms with Crippen LogP contribution in [0, 0.1) is 12.8 Å². The van der Waals surface area contributed by atoms with E-state index in [4.69, 9.17) is 9.47 Å². The summed E-state index contributed by atoms with van der Waals surface area (Å²) >= 11 is 0. The molecular weight excluding hydrogens is 316 g/mol. The standard InChI is InChI=1S/C19H22N4O2/c1-11(2)17(13-4-5-15-16(10-13)25-9-8-24-15)23-19-14-6-7-20-18(14)21-12(3)22-19/h4-7,10-11,17H,8-9H2,1-3H3,(H2,20,21,22,23)/t17-/m1/s1. The molecule has 25 heavy (non-hydrogen) atoms. The Kier molecular flexibility index (Phi) is 3.95. The molecule has 1 aromatic carbocycles. The van der Waals surface area contributed by atoms with Crippen molar-refractivity contribution in [3.8, 4) is 11.5 Å². The van der Waals surface area contributed by atoms with Crippen LogP contribution in [0.3, 0.4) is 0 Å². The van der Waals surface area contributed by atoms with Gasteiger partial charge in [-0.1, -0.05) is 19.9 Å². The first-order valence-corrected chi connectivity index (χ1v) is 8.59. The van der Waals surface area contributed by atoms with Gasteiger partial charge in [-0.05, 0) is 36.6 Å². The first-order chi connectivity index (χ1) is 12.1. The molecule has 0 amide bonds. The van der Waals surface area contributed by atoms with Gasteiger partial charge in [0, 0.05) is 6.20 Å². The monoisotopic (exact) mass is 338 g/mol. The van der Waals surface area contributed by atoms with Crippen LogP contribution in [0.25, 0.3) is 11.0 Å². The van der Waals surface area contributed by atoms with Crippen LogP contribution in [0.1, 0.15) is 31.3 Å². The largest absolute Gasteiger partial charge is 0.486 e. The number of fused-ring (bicyclic) bond motifs is 2. The first kappa shape index (κ1) is 15.7. The zero-order chi connectivity index (χ0) is 17.4. The van der Waals surface area contributed by atoms with Crippen LogP contribution >= 0.6 is 0 Å². The second-order valence-electron chi connectivity index (χ2n) is 6.63. The van der Waals surface area contributed by atoms with Crippen LogP contribution in [-0.2, 0) is 0 Å². The third kappa shape index (κ3) is 2.99. The molecular formula is C19H22N4O2. The molecule has 0 unspecified atom stereocenters. The maximum atomic E-state index is 5.74. The zero-order valence-corrected chi connectivity index (χ0v) is 14.7. The number of ether oxygens (including phenoxy) is 2. The van der Waals surface area contributed by atoms with Gasteiger partial charge in [0.1, 0.15) is 30.5 Å². The van der Waals surface area contributed by atoms with Crippen LogP contribution in [0.5, 0.6) is 11.5 Å². The van der Waals surface area contributed by atoms with E-state index in [1.807, 2.05) is 25.3 Å². The summed E-state index contributed by atoms with van der Waals surface area (Å²) in [5.74, 6) is 3.57. The van der Waals surface area contributed by atoms with E-state index in [1.165, 1.54) is 0 Å². The topological polar surface area (TPSA) is 72.1 Å². The van der Waals surface area contributed by atoms with Gasteiger partial charge in [0.25, 0.3) is 0 Å². The lowest BCUT2D eigenvalue weighted by atomic mass is 9.95. The van der Waals surface area contributed by atoms with Gasteiger partial charge in [-0.3, -0.25) is 0 Å². The fourth-order valence-corrected chi connectivity index (χ4v) is 3.20. The average molecular weight is 338 g/mol. The number of nitrogens with zero attached hydrogens (tertiary/aromatic N) is 2. The first-order valence-electron chi connectivity index (χ1n) is 8.59. The minimum Gasteiger partial charge on any atom is -0.486 e. The molecule has 0 saturated heterocycles. The van der Waals surface area contributed by atoms with Crippen molar-refractivity contribution in [2.24, 2.45) is 5.92 Å². The fourth-order valence-electron chi connectivity index (χ4n) is 3.20. The maximum absolute atomic E-state index is 5.74. The number of H-pyrrole nitrogens is 1. The Morgan fingerprint density at radius 3 is 2.68 bits per heavy atom. The minimum atomic E-state index is 0.100. The lowest BCUT2D eigenvalue weighted by molar-refractivity contribution is 0.171. The van der Waals surface area contributed by atoms with Crippen molar-refractivity contribution < 1.29 is 9.47 Å². The van der Waals surface area contributed by atoms with Crippen molar-refractivity contribution in [1.82, 2.24) is 15.0 Å². The van der Waals surface area contributed by atoms with Crippen molar-refractivity contribution in [3.63, 3.8) is 0 Å². The average Bonchev–Trinajstić information content (AvgIpc) is 3.07. The maximum Gasteiger partial charge on any atom is 0.161 e. The van der Waals surface area contributed by atoms with Crippen LogP contribution in [0.4, 0.5) is 5.82 Å². The third-order valence-electron chi connectivity index (χ3n) is 4.41. The van der Waals surface area contributed by atoms with Crippen LogP contribution in [-0.4, -0.2) is 28.2 Å². The molecule has 2 aromatic heterocycles. The Bertz CT molecular complexity index is 904. The Labute approximate surface area is 146 Å². The molecule has 0 bridgehead atoms. The highest BCUT2D eigenvalue weighted by atomic mass is 16.6. The van der Waals surface area contributed by atoms with Gasteiger partial charge in [0.05, 0.1) is 11.4 Å². The highest BCUT2D eigenvalue weighted by molar-refractivity contribution is 5.87. The van der Waals surface area contributed by atoms with Gasteiger partial charge in [0.15, 0.2) is 11.5 Å². The quantitative estimate of drug-likeness (QED) is 0.756. The molecule has 130 valence electrons. The van der Waals surface area contributed by atoms with E-state index in [9.17, 15) is 0 Å². The molecule has 0 saturated carbocycles. The predicted octanol–water partition coefficient (Wildman–Crippen LogP) is 3.85. The Hall–Kier alpha value is -2.76. The number of benzene rings is 1. The van der Waals surface area contributed by atoms with Crippen LogP contribution in [0.15, 0.2) is 30.5 Å². The van der Waals surface area contributed by atoms with Crippen LogP contribution in [0.2, 0.25) is 0 Å². The summed E-state index contributed by atoms with van der Waals surface area (Å²) in [7, 11) is 0. The molecule has 3 heterocycles. The van der Waals surface area contributed by atoms with Gasteiger partial charge in [-0.15, -0.1) is 0 Å². The number of aromatic nitrogens is 3. The van der Waals surface area contributed by atoms with Crippen molar-refractivity contribution in [1.29, 1.82) is 0 Å². The van der Waals surface area contributed by atoms with Crippen molar-refractivity contribution in [2.45, 2.75) is 26.8 Å². The van der Waals surface area contributed by atoms with Crippen molar-refractivity contribution in [2.75, 3.05) is 18.5 Å². The Morgan fingerprint density at radius 2 is 1.88 bits per heavy atom. The second-order valence-corrected chi connectivity index (χ2v) is 6.63. The summed E-state index contributed by atoms with van der Waals surface area (Å²) in [5.41, 5.74) is 2.00. The Morgan fingerprint density at radius 1 is 1.08 bits per heavy atom. The predicted molar refractivity (Wildman–Crippen MR) is 97.3 cm³/mol. The fraction of sp³-hybridized carbons (Fsp3) is 0.368. The highest BCUT2D eigenvalue weighted by Crippen LogP contribution is 2.36. The number of aromatic amines is 1. The van der Waals surface area contributed by atoms with E-state index in [1.54, 1.807) is 0 Å². The molecule has 6 heteroatoms. The van der Waals surface area contributed by atoms with Crippen LogP contribution < -0.4 is 14.8 Å². The number of rotatable bonds is 4. The number of anilines is 1. The van der Waals surface area contributed by atoms with Crippen molar-refractivity contribution >= 4 is 16.9 Å². The molecule has 1 aliphatic rings. The number of aryl methyl sites for hydroxylation is 1. The van der Waals surface area contributed by atoms with E-state index in [0.717, 1.165) is 39.7 Å². The van der Waals surface area contributed by atoms with Crippen molar-refractivity contribution in [3.05, 3.63) is 41.9 Å². The number of nitrogens with one attached hydrogen (secondary N) is 2. The van der Waals surface area contributed by atoms with Gasteiger partial charge < -0.3 is 19.8 Å². The molecule has 0 fully saturated rings. The summed E-state index contributed by atoms with van der Waals surface area (Å²) in [6.07, 6.45) is 1.89. The lowest BCUT2D eigenvalue weighted by Crippen LogP contribution is -2.20. The van der Waals surface area contributed by atoms with E-state index < -0.39 is 0 Å². The van der Waals surface area contributed by atoms with Gasteiger partial charge >= 0.3 is 0 Å². The third-order valence-corrected chi connectivity index (χ3v) is 4.41. The molecule has 4 rings (SSSR count). The van der Waals surface area contributed by atoms with E-state index in [0.29, 0.717) is 19.1 Å². The normalized spacial score (nSPS) is 14.7. The summed E-state index contributed by atoms with van der Waals surface area (Å²) in [5, 5.41) is 4.60. The molecule has 0 radical (unpaired) electrons. The second kappa shape index (κ2) is 6.27. The SMILES string of the molecule is Cc1nc(N[C@@H](c2ccc3c(c2)OCCO3)C(C)C)c2cc[nH]c2n1. The molecule has 2 N–H and O–H groups in total. The zero-order valence-electron chi connectivity index (χ0n) is 14.7. The molecule has 1 atom stereocenters. The van der Waals surface area contributed by atoms with Gasteiger partial charge in [0.2, 0.25) is 0 Å². The smallest absolute Gasteiger partial charge is 0.161 e. The van der Waals surface area contributed by atoms with E-state index in [2.05, 4.69) is 46.2 Å². The molecule has 6 nitrogen and oxygen atoms in total. The lowest BCUT2D eigenvalue weighted by Gasteiger charge is -2.26. The van der Waals surface area contributed by atoms with Gasteiger partial charge in [-0.25, -0.2) is 9.97 Å².